The number of nitrogens with two attached hydrogens (primary N) is 1. The number of hydrogen-bond donors (Lipinski definition) is 1. The molecule has 84 valence electrons. The van der Waals surface area contributed by atoms with Crippen LogP contribution in [0.3, 0.4) is 0 Å². The fourth-order valence-corrected chi connectivity index (χ4v) is 1.94. The molecule has 0 aliphatic carbocycles. The number of nitrogens with zero attached hydrogens (tertiary/aromatic N) is 3. The van der Waals surface area contributed by atoms with Gasteiger partial charge in [0.25, 0.3) is 0 Å². The molecule has 2 rings (SSSR count). The van der Waals surface area contributed by atoms with E-state index in [1.54, 1.807) is 18.3 Å². The van der Waals surface area contributed by atoms with Crippen molar-refractivity contribution in [3.05, 3.63) is 23.9 Å². The Balaban J connectivity index is 2.11. The SMILES string of the molecule is N#Cc1cccnc1N1CCC(ON)CC1. The highest BCUT2D eigenvalue weighted by Gasteiger charge is 2.21. The van der Waals surface area contributed by atoms with Gasteiger partial charge in [0.05, 0.1) is 11.7 Å². The van der Waals surface area contributed by atoms with E-state index in [1.807, 2.05) is 0 Å². The Kier molecular flexibility index (Phi) is 3.34. The predicted molar refractivity (Wildman–Crippen MR) is 59.5 cm³/mol. The number of nitriles is 1. The van der Waals surface area contributed by atoms with E-state index >= 15 is 0 Å². The summed E-state index contributed by atoms with van der Waals surface area (Å²) in [7, 11) is 0. The largest absolute Gasteiger partial charge is 0.355 e. The molecule has 1 aromatic heterocycles. The second kappa shape index (κ2) is 4.92. The number of hydrogen-bond acceptors (Lipinski definition) is 5. The lowest BCUT2D eigenvalue weighted by Crippen LogP contribution is -2.38. The summed E-state index contributed by atoms with van der Waals surface area (Å²) in [5, 5.41) is 8.99. The van der Waals surface area contributed by atoms with Crippen molar-refractivity contribution >= 4 is 5.82 Å². The van der Waals surface area contributed by atoms with Crippen LogP contribution in [0, 0.1) is 11.3 Å². The van der Waals surface area contributed by atoms with Crippen molar-refractivity contribution in [2.45, 2.75) is 18.9 Å². The van der Waals surface area contributed by atoms with Crippen molar-refractivity contribution < 1.29 is 4.84 Å². The van der Waals surface area contributed by atoms with Crippen LogP contribution in [0.5, 0.6) is 0 Å². The lowest BCUT2D eigenvalue weighted by Gasteiger charge is -2.31. The van der Waals surface area contributed by atoms with E-state index in [4.69, 9.17) is 16.0 Å². The molecule has 0 spiro atoms. The first-order valence-corrected chi connectivity index (χ1v) is 5.30. The molecule has 5 nitrogen and oxygen atoms in total. The van der Waals surface area contributed by atoms with Crippen molar-refractivity contribution in [1.29, 1.82) is 5.26 Å². The van der Waals surface area contributed by atoms with Gasteiger partial charge >= 0.3 is 0 Å². The summed E-state index contributed by atoms with van der Waals surface area (Å²) in [5.41, 5.74) is 0.620. The third-order valence-corrected chi connectivity index (χ3v) is 2.84. The first-order valence-electron chi connectivity index (χ1n) is 5.30. The maximum Gasteiger partial charge on any atom is 0.146 e. The molecule has 0 bridgehead atoms. The van der Waals surface area contributed by atoms with Gasteiger partial charge < -0.3 is 9.74 Å². The van der Waals surface area contributed by atoms with Gasteiger partial charge in [-0.3, -0.25) is 0 Å². The van der Waals surface area contributed by atoms with E-state index in [1.165, 1.54) is 0 Å². The molecule has 1 aliphatic rings. The quantitative estimate of drug-likeness (QED) is 0.743. The minimum atomic E-state index is 0.130. The minimum absolute atomic E-state index is 0.130. The van der Waals surface area contributed by atoms with Gasteiger partial charge in [-0.2, -0.15) is 5.26 Å². The number of rotatable bonds is 2. The molecule has 1 fully saturated rings. The summed E-state index contributed by atoms with van der Waals surface area (Å²) >= 11 is 0. The maximum atomic E-state index is 8.99. The molecule has 0 unspecified atom stereocenters. The third-order valence-electron chi connectivity index (χ3n) is 2.84. The number of pyridine rings is 1. The average molecular weight is 218 g/mol. The van der Waals surface area contributed by atoms with Gasteiger partial charge in [-0.15, -0.1) is 0 Å². The topological polar surface area (TPSA) is 75.2 Å². The lowest BCUT2D eigenvalue weighted by molar-refractivity contribution is 0.0367. The molecular formula is C11H14N4O. The Labute approximate surface area is 94.4 Å². The monoisotopic (exact) mass is 218 g/mol. The van der Waals surface area contributed by atoms with Crippen LogP contribution in [0.4, 0.5) is 5.82 Å². The molecule has 0 aromatic carbocycles. The highest BCUT2D eigenvalue weighted by molar-refractivity contribution is 5.53. The van der Waals surface area contributed by atoms with Gasteiger partial charge in [0.15, 0.2) is 0 Å². The standard InChI is InChI=1S/C11H14N4O/c12-8-9-2-1-5-14-11(9)15-6-3-10(16-13)4-7-15/h1-2,5,10H,3-4,6-7,13H2. The van der Waals surface area contributed by atoms with Crippen molar-refractivity contribution in [3.8, 4) is 6.07 Å². The molecular weight excluding hydrogens is 204 g/mol. The zero-order valence-electron chi connectivity index (χ0n) is 8.97. The summed E-state index contributed by atoms with van der Waals surface area (Å²) < 4.78 is 0. The Morgan fingerprint density at radius 3 is 2.88 bits per heavy atom. The predicted octanol–water partition coefficient (Wildman–Crippen LogP) is 0.812. The summed E-state index contributed by atoms with van der Waals surface area (Å²) in [4.78, 5) is 11.2. The van der Waals surface area contributed by atoms with E-state index < -0.39 is 0 Å². The molecule has 2 heterocycles. The third kappa shape index (κ3) is 2.13. The van der Waals surface area contributed by atoms with Crippen LogP contribution in [-0.4, -0.2) is 24.2 Å². The van der Waals surface area contributed by atoms with Gasteiger partial charge in [0.2, 0.25) is 0 Å². The van der Waals surface area contributed by atoms with Gasteiger partial charge in [0.1, 0.15) is 11.9 Å². The van der Waals surface area contributed by atoms with Crippen molar-refractivity contribution in [3.63, 3.8) is 0 Å². The maximum absolute atomic E-state index is 8.99. The van der Waals surface area contributed by atoms with E-state index in [-0.39, 0.29) is 6.10 Å². The van der Waals surface area contributed by atoms with Crippen LogP contribution < -0.4 is 10.8 Å². The minimum Gasteiger partial charge on any atom is -0.355 e. The van der Waals surface area contributed by atoms with Crippen LogP contribution in [0.15, 0.2) is 18.3 Å². The molecule has 0 atom stereocenters. The van der Waals surface area contributed by atoms with Gasteiger partial charge in [-0.05, 0) is 25.0 Å². The van der Waals surface area contributed by atoms with Crippen molar-refractivity contribution in [1.82, 2.24) is 4.98 Å². The van der Waals surface area contributed by atoms with Gasteiger partial charge in [-0.25, -0.2) is 10.9 Å². The number of anilines is 1. The van der Waals surface area contributed by atoms with Crippen molar-refractivity contribution in [2.75, 3.05) is 18.0 Å². The molecule has 0 saturated carbocycles. The fraction of sp³-hybridized carbons (Fsp3) is 0.455. The molecule has 16 heavy (non-hydrogen) atoms. The first kappa shape index (κ1) is 10.9. The smallest absolute Gasteiger partial charge is 0.146 e. The lowest BCUT2D eigenvalue weighted by atomic mass is 10.1. The number of piperidine rings is 1. The zero-order valence-corrected chi connectivity index (χ0v) is 8.97. The van der Waals surface area contributed by atoms with E-state index in [9.17, 15) is 0 Å². The molecule has 2 N–H and O–H groups in total. The van der Waals surface area contributed by atoms with Crippen LogP contribution in [-0.2, 0) is 4.84 Å². The van der Waals surface area contributed by atoms with Gasteiger partial charge in [0, 0.05) is 19.3 Å². The summed E-state index contributed by atoms with van der Waals surface area (Å²) in [5.74, 6) is 5.92. The van der Waals surface area contributed by atoms with Crippen LogP contribution in [0.2, 0.25) is 0 Å². The Hall–Kier alpha value is -1.64. The second-order valence-corrected chi connectivity index (χ2v) is 3.81. The number of aromatic nitrogens is 1. The Morgan fingerprint density at radius 1 is 1.50 bits per heavy atom. The van der Waals surface area contributed by atoms with Crippen molar-refractivity contribution in [2.24, 2.45) is 5.90 Å². The van der Waals surface area contributed by atoms with Crippen LogP contribution >= 0.6 is 0 Å². The van der Waals surface area contributed by atoms with E-state index in [0.717, 1.165) is 31.7 Å². The molecule has 1 aliphatic heterocycles. The summed E-state index contributed by atoms with van der Waals surface area (Å²) in [6.07, 6.45) is 3.59. The summed E-state index contributed by atoms with van der Waals surface area (Å²) in [6.45, 7) is 1.65. The summed E-state index contributed by atoms with van der Waals surface area (Å²) in [6, 6.07) is 5.72. The molecule has 0 amide bonds. The fourth-order valence-electron chi connectivity index (χ4n) is 1.94. The average Bonchev–Trinajstić information content (AvgIpc) is 2.39. The van der Waals surface area contributed by atoms with E-state index in [2.05, 4.69) is 16.0 Å². The Morgan fingerprint density at radius 2 is 2.25 bits per heavy atom. The zero-order chi connectivity index (χ0) is 11.4. The normalized spacial score (nSPS) is 17.1. The second-order valence-electron chi connectivity index (χ2n) is 3.81. The molecule has 5 heteroatoms. The molecule has 0 radical (unpaired) electrons. The first-order chi connectivity index (χ1) is 7.85. The Bertz CT molecular complexity index is 393. The van der Waals surface area contributed by atoms with E-state index in [0.29, 0.717) is 5.56 Å². The van der Waals surface area contributed by atoms with Crippen LogP contribution in [0.1, 0.15) is 18.4 Å². The highest BCUT2D eigenvalue weighted by atomic mass is 16.6. The van der Waals surface area contributed by atoms with Crippen LogP contribution in [0.25, 0.3) is 0 Å². The highest BCUT2D eigenvalue weighted by Crippen LogP contribution is 2.21. The molecule has 1 saturated heterocycles. The molecule has 1 aromatic rings. The van der Waals surface area contributed by atoms with Gasteiger partial charge in [-0.1, -0.05) is 0 Å².